The molecule has 18 heavy (non-hydrogen) atoms. The summed E-state index contributed by atoms with van der Waals surface area (Å²) in [4.78, 5) is 23.4. The number of carbonyl (C=O) groups excluding carboxylic acids is 1. The van der Waals surface area contributed by atoms with Crippen LogP contribution in [0.5, 0.6) is 0 Å². The quantitative estimate of drug-likeness (QED) is 0.810. The van der Waals surface area contributed by atoms with E-state index in [-0.39, 0.29) is 17.9 Å². The summed E-state index contributed by atoms with van der Waals surface area (Å²) in [5.41, 5.74) is 0. The second-order valence-corrected chi connectivity index (χ2v) is 5.96. The van der Waals surface area contributed by atoms with Gasteiger partial charge in [0.15, 0.2) is 0 Å². The Morgan fingerprint density at radius 3 is 2.28 bits per heavy atom. The summed E-state index contributed by atoms with van der Waals surface area (Å²) in [6, 6.07) is 0.267. The molecule has 2 aliphatic carbocycles. The van der Waals surface area contributed by atoms with E-state index in [0.29, 0.717) is 12.3 Å². The highest BCUT2D eigenvalue weighted by atomic mass is 16.4. The number of aliphatic carboxylic acids is 1. The van der Waals surface area contributed by atoms with Gasteiger partial charge in [0.25, 0.3) is 0 Å². The van der Waals surface area contributed by atoms with E-state index in [1.54, 1.807) is 0 Å². The van der Waals surface area contributed by atoms with Crippen LogP contribution in [0, 0.1) is 17.8 Å². The van der Waals surface area contributed by atoms with Crippen molar-refractivity contribution in [1.29, 1.82) is 0 Å². The standard InChI is InChI=1S/C14H23NO3/c1-9-6-7-10(8-9)15-13(16)11-4-2-3-5-12(11)14(17)18/h9-12H,2-8H2,1H3,(H,15,16)(H,17,18). The van der Waals surface area contributed by atoms with Crippen molar-refractivity contribution in [2.75, 3.05) is 0 Å². The van der Waals surface area contributed by atoms with Crippen LogP contribution in [0.15, 0.2) is 0 Å². The predicted molar refractivity (Wildman–Crippen MR) is 68.0 cm³/mol. The van der Waals surface area contributed by atoms with Gasteiger partial charge in [0.1, 0.15) is 0 Å². The van der Waals surface area contributed by atoms with Crippen molar-refractivity contribution >= 4 is 11.9 Å². The normalized spacial score (nSPS) is 36.3. The molecule has 0 radical (unpaired) electrons. The molecule has 0 aromatic rings. The first kappa shape index (κ1) is 13.4. The molecule has 2 fully saturated rings. The summed E-state index contributed by atoms with van der Waals surface area (Å²) in [6.45, 7) is 2.20. The van der Waals surface area contributed by atoms with Crippen LogP contribution in [0.1, 0.15) is 51.9 Å². The fourth-order valence-electron chi connectivity index (χ4n) is 3.39. The van der Waals surface area contributed by atoms with Crippen LogP contribution in [-0.2, 0) is 9.59 Å². The molecule has 102 valence electrons. The van der Waals surface area contributed by atoms with Gasteiger partial charge in [-0.05, 0) is 38.0 Å². The maximum atomic E-state index is 12.2. The average molecular weight is 253 g/mol. The molecule has 4 heteroatoms. The lowest BCUT2D eigenvalue weighted by atomic mass is 9.78. The Labute approximate surface area is 108 Å². The Morgan fingerprint density at radius 2 is 1.72 bits per heavy atom. The average Bonchev–Trinajstić information content (AvgIpc) is 2.74. The summed E-state index contributed by atoms with van der Waals surface area (Å²) < 4.78 is 0. The zero-order valence-electron chi connectivity index (χ0n) is 11.0. The van der Waals surface area contributed by atoms with Crippen molar-refractivity contribution < 1.29 is 14.7 Å². The van der Waals surface area contributed by atoms with E-state index in [9.17, 15) is 14.7 Å². The van der Waals surface area contributed by atoms with Crippen LogP contribution >= 0.6 is 0 Å². The smallest absolute Gasteiger partial charge is 0.307 e. The van der Waals surface area contributed by atoms with Crippen molar-refractivity contribution in [2.24, 2.45) is 17.8 Å². The molecule has 2 N–H and O–H groups in total. The van der Waals surface area contributed by atoms with Gasteiger partial charge in [0, 0.05) is 6.04 Å². The summed E-state index contributed by atoms with van der Waals surface area (Å²) in [7, 11) is 0. The number of amides is 1. The molecule has 4 nitrogen and oxygen atoms in total. The predicted octanol–water partition coefficient (Wildman–Crippen LogP) is 2.18. The SMILES string of the molecule is CC1CCC(NC(=O)C2CCCCC2C(=O)O)C1. The molecule has 0 aromatic carbocycles. The van der Waals surface area contributed by atoms with Gasteiger partial charge in [-0.25, -0.2) is 0 Å². The Hall–Kier alpha value is -1.06. The van der Waals surface area contributed by atoms with E-state index in [0.717, 1.165) is 38.5 Å². The third kappa shape index (κ3) is 3.03. The van der Waals surface area contributed by atoms with Crippen molar-refractivity contribution in [3.8, 4) is 0 Å². The monoisotopic (exact) mass is 253 g/mol. The number of carboxylic acid groups (broad SMARTS) is 1. The lowest BCUT2D eigenvalue weighted by molar-refractivity contribution is -0.149. The first-order chi connectivity index (χ1) is 8.58. The van der Waals surface area contributed by atoms with Crippen LogP contribution in [0.4, 0.5) is 0 Å². The van der Waals surface area contributed by atoms with Crippen molar-refractivity contribution in [1.82, 2.24) is 5.32 Å². The molecule has 1 amide bonds. The van der Waals surface area contributed by atoms with Crippen LogP contribution in [0.2, 0.25) is 0 Å². The van der Waals surface area contributed by atoms with E-state index >= 15 is 0 Å². The molecule has 2 saturated carbocycles. The van der Waals surface area contributed by atoms with Gasteiger partial charge in [-0.15, -0.1) is 0 Å². The zero-order chi connectivity index (χ0) is 13.1. The molecule has 0 saturated heterocycles. The van der Waals surface area contributed by atoms with Crippen molar-refractivity contribution in [3.05, 3.63) is 0 Å². The molecule has 0 bridgehead atoms. The van der Waals surface area contributed by atoms with Gasteiger partial charge in [0.2, 0.25) is 5.91 Å². The van der Waals surface area contributed by atoms with E-state index in [4.69, 9.17) is 0 Å². The molecular weight excluding hydrogens is 230 g/mol. The molecule has 4 atom stereocenters. The van der Waals surface area contributed by atoms with Gasteiger partial charge in [0.05, 0.1) is 11.8 Å². The van der Waals surface area contributed by atoms with Crippen LogP contribution < -0.4 is 5.32 Å². The first-order valence-corrected chi connectivity index (χ1v) is 7.11. The zero-order valence-corrected chi connectivity index (χ0v) is 11.0. The lowest BCUT2D eigenvalue weighted by Crippen LogP contribution is -2.43. The molecular formula is C14H23NO3. The molecule has 0 heterocycles. The fraction of sp³-hybridized carbons (Fsp3) is 0.857. The van der Waals surface area contributed by atoms with E-state index in [1.165, 1.54) is 0 Å². The minimum atomic E-state index is -0.811. The third-order valence-electron chi connectivity index (χ3n) is 4.46. The van der Waals surface area contributed by atoms with E-state index < -0.39 is 11.9 Å². The van der Waals surface area contributed by atoms with Gasteiger partial charge in [-0.1, -0.05) is 19.8 Å². The molecule has 4 unspecified atom stereocenters. The maximum absolute atomic E-state index is 12.2. The lowest BCUT2D eigenvalue weighted by Gasteiger charge is -2.28. The van der Waals surface area contributed by atoms with Crippen LogP contribution in [-0.4, -0.2) is 23.0 Å². The van der Waals surface area contributed by atoms with Crippen LogP contribution in [0.3, 0.4) is 0 Å². The maximum Gasteiger partial charge on any atom is 0.307 e. The number of carboxylic acids is 1. The van der Waals surface area contributed by atoms with Crippen molar-refractivity contribution in [3.63, 3.8) is 0 Å². The second-order valence-electron chi connectivity index (χ2n) is 5.96. The third-order valence-corrected chi connectivity index (χ3v) is 4.46. The summed E-state index contributed by atoms with van der Waals surface area (Å²) in [5, 5.41) is 12.2. The Kier molecular flexibility index (Phi) is 4.25. The Bertz CT molecular complexity index is 329. The highest BCUT2D eigenvalue weighted by Gasteiger charge is 2.36. The second kappa shape index (κ2) is 5.72. The minimum Gasteiger partial charge on any atom is -0.481 e. The number of rotatable bonds is 3. The first-order valence-electron chi connectivity index (χ1n) is 7.11. The summed E-state index contributed by atoms with van der Waals surface area (Å²) in [6.07, 6.45) is 6.52. The summed E-state index contributed by atoms with van der Waals surface area (Å²) >= 11 is 0. The van der Waals surface area contributed by atoms with Crippen LogP contribution in [0.25, 0.3) is 0 Å². The largest absolute Gasteiger partial charge is 0.481 e. The highest BCUT2D eigenvalue weighted by molar-refractivity contribution is 5.85. The van der Waals surface area contributed by atoms with Gasteiger partial charge in [-0.2, -0.15) is 0 Å². The summed E-state index contributed by atoms with van der Waals surface area (Å²) in [5.74, 6) is -0.947. The molecule has 0 aliphatic heterocycles. The Morgan fingerprint density at radius 1 is 1.06 bits per heavy atom. The number of hydrogen-bond donors (Lipinski definition) is 2. The molecule has 2 aliphatic rings. The topological polar surface area (TPSA) is 66.4 Å². The number of hydrogen-bond acceptors (Lipinski definition) is 2. The minimum absolute atomic E-state index is 0.0267. The Balaban J connectivity index is 1.92. The molecule has 2 rings (SSSR count). The number of carbonyl (C=O) groups is 2. The number of nitrogens with one attached hydrogen (secondary N) is 1. The molecule has 0 aromatic heterocycles. The van der Waals surface area contributed by atoms with Gasteiger partial charge < -0.3 is 10.4 Å². The molecule has 0 spiro atoms. The van der Waals surface area contributed by atoms with Gasteiger partial charge >= 0.3 is 5.97 Å². The van der Waals surface area contributed by atoms with Crippen molar-refractivity contribution in [2.45, 2.75) is 57.9 Å². The van der Waals surface area contributed by atoms with E-state index in [1.807, 2.05) is 0 Å². The van der Waals surface area contributed by atoms with E-state index in [2.05, 4.69) is 12.2 Å². The van der Waals surface area contributed by atoms with Gasteiger partial charge in [-0.3, -0.25) is 9.59 Å². The highest BCUT2D eigenvalue weighted by Crippen LogP contribution is 2.31. The fourth-order valence-corrected chi connectivity index (χ4v) is 3.39.